The lowest BCUT2D eigenvalue weighted by atomic mass is 9.44. The molecular weight excluding hydrogens is 799 g/mol. The summed E-state index contributed by atoms with van der Waals surface area (Å²) in [7, 11) is 0. The second kappa shape index (κ2) is 16.5. The molecule has 4 aliphatic rings. The fourth-order valence-electron chi connectivity index (χ4n) is 10.4. The second-order valence-corrected chi connectivity index (χ2v) is 17.7. The van der Waals surface area contributed by atoms with Crippen LogP contribution in [0.25, 0.3) is 0 Å². The van der Waals surface area contributed by atoms with Crippen LogP contribution in [-0.2, 0) is 42.9 Å². The molecule has 0 aromatic heterocycles. The van der Waals surface area contributed by atoms with Gasteiger partial charge in [-0.15, -0.1) is 0 Å². The lowest BCUT2D eigenvalue weighted by Crippen LogP contribution is -2.82. The van der Waals surface area contributed by atoms with E-state index in [1.807, 2.05) is 0 Å². The van der Waals surface area contributed by atoms with Crippen LogP contribution in [0.4, 0.5) is 0 Å². The Bertz CT molecular complexity index is 2280. The Balaban J connectivity index is 1.39. The molecule has 2 saturated carbocycles. The van der Waals surface area contributed by atoms with E-state index in [1.165, 1.54) is 26.0 Å². The van der Waals surface area contributed by atoms with Crippen LogP contribution in [0.2, 0.25) is 0 Å². The van der Waals surface area contributed by atoms with Crippen LogP contribution in [0.15, 0.2) is 102 Å². The number of rotatable bonds is 10. The number of aliphatic hydroxyl groups is 2. The number of ketones is 1. The van der Waals surface area contributed by atoms with Gasteiger partial charge in [-0.05, 0) is 61.7 Å². The highest BCUT2D eigenvalue weighted by molar-refractivity contribution is 5.96. The SMILES string of the molecule is CC(=O)O[C@H]1C(=O)[C@@]2(C)[C@H]([C@H](OC(=O)c3ccccc3)[C@]3(O)C[C@H](OC(=O)[C@H](C)C(NC(=O)c4ccccc4)c4ccccc4)C(C)=C1C3(C)C)[C@]1(OC(C)=O)CO[C@@H]1C[C@@H]2O. The van der Waals surface area contributed by atoms with Gasteiger partial charge < -0.3 is 39.2 Å². The number of fused-ring (bicyclic) bond motifs is 5. The molecule has 7 rings (SSSR count). The van der Waals surface area contributed by atoms with E-state index in [9.17, 15) is 34.2 Å². The van der Waals surface area contributed by atoms with Gasteiger partial charge in [0, 0.05) is 37.7 Å². The van der Waals surface area contributed by atoms with Crippen molar-refractivity contribution in [2.24, 2.45) is 22.7 Å². The minimum Gasteiger partial charge on any atom is -0.457 e. The predicted molar refractivity (Wildman–Crippen MR) is 221 cm³/mol. The van der Waals surface area contributed by atoms with Gasteiger partial charge in [0.1, 0.15) is 23.9 Å². The molecule has 3 aliphatic carbocycles. The van der Waals surface area contributed by atoms with Crippen LogP contribution in [-0.4, -0.2) is 94.1 Å². The maximum atomic E-state index is 15.5. The quantitative estimate of drug-likeness (QED) is 0.140. The normalized spacial score (nSPS) is 31.9. The van der Waals surface area contributed by atoms with Gasteiger partial charge in [-0.25, -0.2) is 4.79 Å². The molecule has 3 fully saturated rings. The smallest absolute Gasteiger partial charge is 0.338 e. The molecule has 62 heavy (non-hydrogen) atoms. The van der Waals surface area contributed by atoms with Gasteiger partial charge in [-0.3, -0.25) is 24.0 Å². The van der Waals surface area contributed by atoms with Crippen LogP contribution in [0.3, 0.4) is 0 Å². The summed E-state index contributed by atoms with van der Waals surface area (Å²) < 4.78 is 30.7. The molecular formula is C48H53NO13. The van der Waals surface area contributed by atoms with E-state index in [0.29, 0.717) is 11.1 Å². The fourth-order valence-corrected chi connectivity index (χ4v) is 10.4. The average molecular weight is 852 g/mol. The van der Waals surface area contributed by atoms with Crippen LogP contribution in [0, 0.1) is 22.7 Å². The maximum absolute atomic E-state index is 15.5. The number of carbonyl (C=O) groups excluding carboxylic acids is 6. The van der Waals surface area contributed by atoms with E-state index in [2.05, 4.69) is 5.32 Å². The zero-order valence-corrected chi connectivity index (χ0v) is 35.8. The van der Waals surface area contributed by atoms with Crippen molar-refractivity contribution in [3.05, 3.63) is 119 Å². The van der Waals surface area contributed by atoms with Crippen molar-refractivity contribution in [2.75, 3.05) is 6.61 Å². The van der Waals surface area contributed by atoms with E-state index in [-0.39, 0.29) is 29.7 Å². The lowest BCUT2D eigenvalue weighted by Gasteiger charge is -2.67. The van der Waals surface area contributed by atoms with Crippen LogP contribution in [0.5, 0.6) is 0 Å². The minimum absolute atomic E-state index is 0.0787. The fraction of sp³-hybridized carbons (Fsp3) is 0.458. The Kier molecular flexibility index (Phi) is 11.8. The molecule has 328 valence electrons. The van der Waals surface area contributed by atoms with Crippen LogP contribution < -0.4 is 5.32 Å². The Morgan fingerprint density at radius 1 is 0.823 bits per heavy atom. The first-order chi connectivity index (χ1) is 29.3. The van der Waals surface area contributed by atoms with Gasteiger partial charge in [0.15, 0.2) is 17.5 Å². The number of carbonyl (C=O) groups is 6. The largest absolute Gasteiger partial charge is 0.457 e. The van der Waals surface area contributed by atoms with Crippen LogP contribution >= 0.6 is 0 Å². The number of benzene rings is 3. The highest BCUT2D eigenvalue weighted by Gasteiger charge is 2.78. The lowest BCUT2D eigenvalue weighted by molar-refractivity contribution is -0.346. The van der Waals surface area contributed by atoms with E-state index in [1.54, 1.807) is 107 Å². The molecule has 3 aromatic rings. The Morgan fingerprint density at radius 3 is 1.95 bits per heavy atom. The van der Waals surface area contributed by atoms with Gasteiger partial charge in [-0.1, -0.05) is 80.6 Å². The Hall–Kier alpha value is -5.70. The van der Waals surface area contributed by atoms with Gasteiger partial charge in [0.05, 0.1) is 41.6 Å². The van der Waals surface area contributed by atoms with Gasteiger partial charge in [0.25, 0.3) is 5.91 Å². The number of nitrogens with one attached hydrogen (secondary N) is 1. The number of hydrogen-bond acceptors (Lipinski definition) is 13. The molecule has 3 N–H and O–H groups in total. The topological polar surface area (TPSA) is 201 Å². The van der Waals surface area contributed by atoms with E-state index < -0.39 is 112 Å². The summed E-state index contributed by atoms with van der Waals surface area (Å²) in [5.74, 6) is -7.07. The molecule has 0 spiro atoms. The third-order valence-electron chi connectivity index (χ3n) is 13.8. The summed E-state index contributed by atoms with van der Waals surface area (Å²) in [5.41, 5.74) is -6.21. The number of ether oxygens (including phenoxy) is 5. The molecule has 1 unspecified atom stereocenters. The van der Waals surface area contributed by atoms with Crippen molar-refractivity contribution in [2.45, 2.75) is 109 Å². The van der Waals surface area contributed by atoms with Crippen LogP contribution in [0.1, 0.15) is 93.6 Å². The molecule has 11 atom stereocenters. The van der Waals surface area contributed by atoms with E-state index in [4.69, 9.17) is 23.7 Å². The highest BCUT2D eigenvalue weighted by atomic mass is 16.6. The molecule has 1 heterocycles. The second-order valence-electron chi connectivity index (χ2n) is 17.7. The summed E-state index contributed by atoms with van der Waals surface area (Å²) in [4.78, 5) is 83.9. The predicted octanol–water partition coefficient (Wildman–Crippen LogP) is 5.01. The van der Waals surface area contributed by atoms with Crippen molar-refractivity contribution in [1.29, 1.82) is 0 Å². The van der Waals surface area contributed by atoms with E-state index in [0.717, 1.165) is 6.92 Å². The monoisotopic (exact) mass is 851 g/mol. The molecule has 0 radical (unpaired) electrons. The summed E-state index contributed by atoms with van der Waals surface area (Å²) in [6.07, 6.45) is -7.99. The average Bonchev–Trinajstić information content (AvgIpc) is 3.24. The minimum atomic E-state index is -2.31. The summed E-state index contributed by atoms with van der Waals surface area (Å²) in [6, 6.07) is 24.5. The Labute approximate surface area is 359 Å². The molecule has 3 aromatic carbocycles. The molecule has 14 nitrogen and oxygen atoms in total. The van der Waals surface area contributed by atoms with Gasteiger partial charge in [0.2, 0.25) is 0 Å². The first kappa shape index (κ1) is 44.4. The molecule has 14 heteroatoms. The highest BCUT2D eigenvalue weighted by Crippen LogP contribution is 2.64. The van der Waals surface area contributed by atoms with Crippen molar-refractivity contribution in [3.63, 3.8) is 0 Å². The van der Waals surface area contributed by atoms with Crippen molar-refractivity contribution in [3.8, 4) is 0 Å². The summed E-state index contributed by atoms with van der Waals surface area (Å²) in [6.45, 7) is 9.87. The zero-order chi connectivity index (χ0) is 44.9. The standard InChI is InChI=1S/C48H53NO13/c1-26-33(60-43(55)27(2)37(30-17-11-8-12-18-30)49-42(54)31-19-13-9-14-20-31)24-48(57)41(61-44(56)32-21-15-10-16-22-32)39-46(7,34(52)23-35-47(39,25-58-35)62-29(4)51)40(53)38(59-28(3)50)36(26)45(48,5)6/h8-22,27,33-35,37-39,41,52,57H,23-25H2,1-7H3,(H,49,54)/t27-,33+,34+,35-,37?,38-,39+,41+,46-,47+,48-/m1/s1. The van der Waals surface area contributed by atoms with Gasteiger partial charge >= 0.3 is 23.9 Å². The summed E-state index contributed by atoms with van der Waals surface area (Å²) >= 11 is 0. The number of amides is 1. The van der Waals surface area contributed by atoms with E-state index >= 15 is 4.79 Å². The van der Waals surface area contributed by atoms with Gasteiger partial charge in [-0.2, -0.15) is 0 Å². The number of hydrogen-bond donors (Lipinski definition) is 3. The first-order valence-electron chi connectivity index (χ1n) is 20.8. The zero-order valence-electron chi connectivity index (χ0n) is 35.8. The third-order valence-corrected chi connectivity index (χ3v) is 13.8. The first-order valence-corrected chi connectivity index (χ1v) is 20.8. The van der Waals surface area contributed by atoms with Crippen molar-refractivity contribution >= 4 is 35.6 Å². The Morgan fingerprint density at radius 2 is 1.40 bits per heavy atom. The molecule has 1 aliphatic heterocycles. The third kappa shape index (κ3) is 7.31. The molecule has 2 bridgehead atoms. The number of aliphatic hydroxyl groups excluding tert-OH is 1. The van der Waals surface area contributed by atoms with Crippen molar-refractivity contribution in [1.82, 2.24) is 5.32 Å². The summed E-state index contributed by atoms with van der Waals surface area (Å²) in [5, 5.41) is 28.8. The molecule has 1 amide bonds. The van der Waals surface area contributed by atoms with Crippen molar-refractivity contribution < 1.29 is 62.7 Å². The molecule has 1 saturated heterocycles. The number of esters is 4. The maximum Gasteiger partial charge on any atom is 0.338 e. The number of Topliss-reactive ketones (excluding diaryl/α,β-unsaturated/α-hetero) is 1.